The minimum Gasteiger partial charge on any atom is -0.369 e. The summed E-state index contributed by atoms with van der Waals surface area (Å²) < 4.78 is 15.1. The number of aromatic nitrogens is 2. The van der Waals surface area contributed by atoms with Gasteiger partial charge in [0.25, 0.3) is 0 Å². The van der Waals surface area contributed by atoms with Gasteiger partial charge in [0.2, 0.25) is 5.95 Å². The van der Waals surface area contributed by atoms with Crippen molar-refractivity contribution >= 4 is 17.0 Å². The Morgan fingerprint density at radius 1 is 1.22 bits per heavy atom. The zero-order chi connectivity index (χ0) is 12.5. The highest BCUT2D eigenvalue weighted by molar-refractivity contribution is 5.78. The van der Waals surface area contributed by atoms with E-state index in [-0.39, 0.29) is 5.82 Å². The van der Waals surface area contributed by atoms with E-state index in [1.807, 2.05) is 4.57 Å². The molecule has 18 heavy (non-hydrogen) atoms. The lowest BCUT2D eigenvalue weighted by atomic mass is 10.3. The Balaban J connectivity index is 1.84. The summed E-state index contributed by atoms with van der Waals surface area (Å²) in [5.41, 5.74) is 7.44. The maximum atomic E-state index is 13.1. The molecular formula is C13H17FN4. The fourth-order valence-electron chi connectivity index (χ4n) is 2.60. The molecule has 1 saturated heterocycles. The number of nitrogens with zero attached hydrogens (tertiary/aromatic N) is 3. The van der Waals surface area contributed by atoms with Crippen LogP contribution < -0.4 is 5.73 Å². The van der Waals surface area contributed by atoms with Gasteiger partial charge in [0.05, 0.1) is 11.0 Å². The zero-order valence-corrected chi connectivity index (χ0v) is 10.3. The highest BCUT2D eigenvalue weighted by Gasteiger charge is 2.13. The van der Waals surface area contributed by atoms with Gasteiger partial charge in [0.15, 0.2) is 0 Å². The van der Waals surface area contributed by atoms with E-state index in [4.69, 9.17) is 5.73 Å². The summed E-state index contributed by atoms with van der Waals surface area (Å²) in [6.45, 7) is 4.13. The highest BCUT2D eigenvalue weighted by atomic mass is 19.1. The van der Waals surface area contributed by atoms with Gasteiger partial charge >= 0.3 is 0 Å². The van der Waals surface area contributed by atoms with Crippen molar-refractivity contribution in [3.05, 3.63) is 24.0 Å². The Labute approximate surface area is 105 Å². The molecule has 2 aromatic rings. The van der Waals surface area contributed by atoms with Gasteiger partial charge in [0, 0.05) is 19.2 Å². The molecule has 1 fully saturated rings. The van der Waals surface area contributed by atoms with Crippen molar-refractivity contribution < 1.29 is 4.39 Å². The molecule has 4 nitrogen and oxygen atoms in total. The Morgan fingerprint density at radius 2 is 2.00 bits per heavy atom. The molecule has 0 unspecified atom stereocenters. The van der Waals surface area contributed by atoms with Crippen LogP contribution in [-0.2, 0) is 6.54 Å². The van der Waals surface area contributed by atoms with Gasteiger partial charge < -0.3 is 15.2 Å². The summed E-state index contributed by atoms with van der Waals surface area (Å²) in [6, 6.07) is 4.63. The van der Waals surface area contributed by atoms with E-state index in [1.54, 1.807) is 6.07 Å². The van der Waals surface area contributed by atoms with Crippen molar-refractivity contribution in [1.29, 1.82) is 0 Å². The smallest absolute Gasteiger partial charge is 0.201 e. The number of likely N-dealkylation sites (tertiary alicyclic amines) is 1. The van der Waals surface area contributed by atoms with Gasteiger partial charge in [-0.3, -0.25) is 0 Å². The van der Waals surface area contributed by atoms with Crippen molar-refractivity contribution in [1.82, 2.24) is 14.5 Å². The van der Waals surface area contributed by atoms with Crippen molar-refractivity contribution in [2.75, 3.05) is 25.4 Å². The van der Waals surface area contributed by atoms with E-state index in [1.165, 1.54) is 38.1 Å². The van der Waals surface area contributed by atoms with Crippen LogP contribution >= 0.6 is 0 Å². The molecule has 0 atom stereocenters. The number of imidazole rings is 1. The molecule has 0 spiro atoms. The van der Waals surface area contributed by atoms with Crippen LogP contribution in [0.25, 0.3) is 11.0 Å². The second kappa shape index (κ2) is 4.57. The first-order chi connectivity index (χ1) is 8.74. The number of benzene rings is 1. The van der Waals surface area contributed by atoms with Gasteiger partial charge in [-0.15, -0.1) is 0 Å². The van der Waals surface area contributed by atoms with Crippen LogP contribution in [0.4, 0.5) is 10.3 Å². The van der Waals surface area contributed by atoms with Gasteiger partial charge in [-0.05, 0) is 38.1 Å². The molecule has 2 N–H and O–H groups in total. The molecule has 0 radical (unpaired) electrons. The minimum absolute atomic E-state index is 0.272. The first-order valence-electron chi connectivity index (χ1n) is 6.38. The van der Waals surface area contributed by atoms with Crippen molar-refractivity contribution in [2.45, 2.75) is 19.4 Å². The Kier molecular flexibility index (Phi) is 2.91. The van der Waals surface area contributed by atoms with Gasteiger partial charge in [-0.1, -0.05) is 0 Å². The lowest BCUT2D eigenvalue weighted by molar-refractivity contribution is 0.325. The predicted octanol–water partition coefficient (Wildman–Crippen LogP) is 1.85. The second-order valence-corrected chi connectivity index (χ2v) is 4.80. The quantitative estimate of drug-likeness (QED) is 0.901. The normalized spacial score (nSPS) is 16.7. The molecule has 0 bridgehead atoms. The maximum Gasteiger partial charge on any atom is 0.201 e. The third-order valence-corrected chi connectivity index (χ3v) is 3.58. The number of nitrogen functional groups attached to an aromatic ring is 1. The molecule has 1 aromatic carbocycles. The largest absolute Gasteiger partial charge is 0.369 e. The molecule has 3 rings (SSSR count). The Hall–Kier alpha value is -1.62. The van der Waals surface area contributed by atoms with E-state index < -0.39 is 0 Å². The van der Waals surface area contributed by atoms with E-state index >= 15 is 0 Å². The van der Waals surface area contributed by atoms with Crippen LogP contribution in [0.15, 0.2) is 18.2 Å². The SMILES string of the molecule is Nc1nc2cc(F)ccc2n1CCN1CCCC1. The molecule has 1 aliphatic rings. The van der Waals surface area contributed by atoms with E-state index in [0.29, 0.717) is 11.5 Å². The first kappa shape index (κ1) is 11.5. The molecule has 2 heterocycles. The monoisotopic (exact) mass is 248 g/mol. The molecule has 1 aliphatic heterocycles. The number of hydrogen-bond acceptors (Lipinski definition) is 3. The van der Waals surface area contributed by atoms with Crippen LogP contribution in [0.1, 0.15) is 12.8 Å². The number of halogens is 1. The maximum absolute atomic E-state index is 13.1. The number of fused-ring (bicyclic) bond motifs is 1. The van der Waals surface area contributed by atoms with Crippen LogP contribution in [0.3, 0.4) is 0 Å². The summed E-state index contributed by atoms with van der Waals surface area (Å²) in [7, 11) is 0. The molecular weight excluding hydrogens is 231 g/mol. The van der Waals surface area contributed by atoms with Crippen molar-refractivity contribution in [3.63, 3.8) is 0 Å². The highest BCUT2D eigenvalue weighted by Crippen LogP contribution is 2.19. The summed E-state index contributed by atoms with van der Waals surface area (Å²) in [4.78, 5) is 6.63. The third kappa shape index (κ3) is 2.06. The number of anilines is 1. The summed E-state index contributed by atoms with van der Waals surface area (Å²) in [6.07, 6.45) is 2.57. The van der Waals surface area contributed by atoms with Crippen LogP contribution in [0.5, 0.6) is 0 Å². The Morgan fingerprint density at radius 3 is 2.78 bits per heavy atom. The average Bonchev–Trinajstić information content (AvgIpc) is 2.93. The minimum atomic E-state index is -0.272. The van der Waals surface area contributed by atoms with E-state index in [9.17, 15) is 4.39 Å². The van der Waals surface area contributed by atoms with Crippen molar-refractivity contribution in [2.24, 2.45) is 0 Å². The summed E-state index contributed by atoms with van der Waals surface area (Å²) in [5, 5.41) is 0. The molecule has 96 valence electrons. The molecule has 0 amide bonds. The second-order valence-electron chi connectivity index (χ2n) is 4.80. The fourth-order valence-corrected chi connectivity index (χ4v) is 2.60. The van der Waals surface area contributed by atoms with Crippen molar-refractivity contribution in [3.8, 4) is 0 Å². The molecule has 1 aromatic heterocycles. The molecule has 0 aliphatic carbocycles. The molecule has 0 saturated carbocycles. The van der Waals surface area contributed by atoms with E-state index in [2.05, 4.69) is 9.88 Å². The number of rotatable bonds is 3. The Bertz CT molecular complexity index is 557. The fraction of sp³-hybridized carbons (Fsp3) is 0.462. The zero-order valence-electron chi connectivity index (χ0n) is 10.3. The van der Waals surface area contributed by atoms with E-state index in [0.717, 1.165) is 18.6 Å². The lowest BCUT2D eigenvalue weighted by Crippen LogP contribution is -2.24. The number of hydrogen-bond donors (Lipinski definition) is 1. The van der Waals surface area contributed by atoms with Gasteiger partial charge in [-0.25, -0.2) is 9.37 Å². The average molecular weight is 248 g/mol. The standard InChI is InChI=1S/C13H17FN4/c14-10-3-4-12-11(9-10)16-13(15)18(12)8-7-17-5-1-2-6-17/h3-4,9H,1-2,5-8H2,(H2,15,16). The first-order valence-corrected chi connectivity index (χ1v) is 6.38. The lowest BCUT2D eigenvalue weighted by Gasteiger charge is -2.15. The van der Waals surface area contributed by atoms with Gasteiger partial charge in [-0.2, -0.15) is 0 Å². The molecule has 5 heteroatoms. The van der Waals surface area contributed by atoms with Gasteiger partial charge in [0.1, 0.15) is 5.82 Å². The predicted molar refractivity (Wildman–Crippen MR) is 69.8 cm³/mol. The van der Waals surface area contributed by atoms with Crippen LogP contribution in [0, 0.1) is 5.82 Å². The number of nitrogens with two attached hydrogens (primary N) is 1. The topological polar surface area (TPSA) is 47.1 Å². The third-order valence-electron chi connectivity index (χ3n) is 3.58. The summed E-state index contributed by atoms with van der Waals surface area (Å²) >= 11 is 0. The van der Waals surface area contributed by atoms with Crippen LogP contribution in [-0.4, -0.2) is 34.1 Å². The van der Waals surface area contributed by atoms with Crippen LogP contribution in [0.2, 0.25) is 0 Å². The summed E-state index contributed by atoms with van der Waals surface area (Å²) in [5.74, 6) is 0.196.